The summed E-state index contributed by atoms with van der Waals surface area (Å²) in [7, 11) is 1.68. The maximum Gasteiger partial charge on any atom is 0.261 e. The molecule has 0 saturated carbocycles. The van der Waals surface area contributed by atoms with Gasteiger partial charge >= 0.3 is 0 Å². The molecule has 0 radical (unpaired) electrons. The number of para-hydroxylation sites is 1. The van der Waals surface area contributed by atoms with Crippen molar-refractivity contribution in [3.8, 4) is 5.75 Å². The van der Waals surface area contributed by atoms with Crippen molar-refractivity contribution in [2.75, 3.05) is 0 Å². The highest BCUT2D eigenvalue weighted by atomic mass is 79.9. The van der Waals surface area contributed by atoms with Crippen LogP contribution in [-0.2, 0) is 7.05 Å². The molecule has 1 N–H and O–H groups in total. The summed E-state index contributed by atoms with van der Waals surface area (Å²) < 4.78 is 2.36. The van der Waals surface area contributed by atoms with Gasteiger partial charge in [-0.1, -0.05) is 28.1 Å². The molecule has 1 aromatic heterocycles. The molecular formula is C17H13BrN2O2. The van der Waals surface area contributed by atoms with E-state index in [-0.39, 0.29) is 11.3 Å². The third-order valence-corrected chi connectivity index (χ3v) is 3.91. The van der Waals surface area contributed by atoms with Crippen LogP contribution in [0.5, 0.6) is 5.75 Å². The number of phenolic OH excluding ortho intramolecular Hbond substituents is 1. The highest BCUT2D eigenvalue weighted by Gasteiger charge is 2.05. The summed E-state index contributed by atoms with van der Waals surface area (Å²) in [5.74, 6) is 0.702. The number of nitrogens with zero attached hydrogens (tertiary/aromatic N) is 2. The second kappa shape index (κ2) is 5.77. The molecule has 0 spiro atoms. The van der Waals surface area contributed by atoms with Gasteiger partial charge in [0.1, 0.15) is 11.6 Å². The Kier molecular flexibility index (Phi) is 3.81. The Hall–Kier alpha value is -2.40. The zero-order chi connectivity index (χ0) is 15.7. The molecule has 22 heavy (non-hydrogen) atoms. The fraction of sp³-hybridized carbons (Fsp3) is 0.0588. The maximum absolute atomic E-state index is 12.3. The Morgan fingerprint density at radius 3 is 2.77 bits per heavy atom. The van der Waals surface area contributed by atoms with E-state index in [9.17, 15) is 9.90 Å². The molecule has 4 nitrogen and oxygen atoms in total. The third kappa shape index (κ3) is 2.67. The fourth-order valence-electron chi connectivity index (χ4n) is 2.21. The van der Waals surface area contributed by atoms with Gasteiger partial charge in [0, 0.05) is 17.1 Å². The van der Waals surface area contributed by atoms with E-state index in [2.05, 4.69) is 20.9 Å². The van der Waals surface area contributed by atoms with Crippen LogP contribution in [0, 0.1) is 0 Å². The normalized spacial score (nSPS) is 11.4. The molecule has 0 aliphatic carbocycles. The number of halogens is 1. The molecule has 0 aliphatic rings. The average Bonchev–Trinajstić information content (AvgIpc) is 2.52. The van der Waals surface area contributed by atoms with E-state index in [1.54, 1.807) is 43.5 Å². The van der Waals surface area contributed by atoms with E-state index in [0.29, 0.717) is 22.3 Å². The first-order valence-corrected chi connectivity index (χ1v) is 7.48. The van der Waals surface area contributed by atoms with Gasteiger partial charge in [-0.25, -0.2) is 4.98 Å². The minimum atomic E-state index is -0.0938. The number of fused-ring (bicyclic) bond motifs is 1. The molecule has 0 fully saturated rings. The van der Waals surface area contributed by atoms with E-state index < -0.39 is 0 Å². The van der Waals surface area contributed by atoms with Crippen molar-refractivity contribution in [2.45, 2.75) is 0 Å². The van der Waals surface area contributed by atoms with E-state index in [1.807, 2.05) is 18.2 Å². The molecule has 0 aliphatic heterocycles. The molecule has 0 saturated heterocycles. The minimum absolute atomic E-state index is 0.0938. The monoisotopic (exact) mass is 356 g/mol. The number of hydrogen-bond donors (Lipinski definition) is 1. The van der Waals surface area contributed by atoms with Crippen LogP contribution in [-0.4, -0.2) is 14.7 Å². The summed E-state index contributed by atoms with van der Waals surface area (Å²) in [6, 6.07) is 12.4. The zero-order valence-corrected chi connectivity index (χ0v) is 13.4. The smallest absolute Gasteiger partial charge is 0.261 e. The Morgan fingerprint density at radius 1 is 1.18 bits per heavy atom. The van der Waals surface area contributed by atoms with Crippen molar-refractivity contribution in [1.29, 1.82) is 0 Å². The van der Waals surface area contributed by atoms with Crippen molar-refractivity contribution in [3.63, 3.8) is 0 Å². The Labute approximate surface area is 135 Å². The van der Waals surface area contributed by atoms with E-state index in [4.69, 9.17) is 0 Å². The van der Waals surface area contributed by atoms with Crippen LogP contribution < -0.4 is 5.56 Å². The van der Waals surface area contributed by atoms with E-state index in [1.165, 1.54) is 4.57 Å². The van der Waals surface area contributed by atoms with Gasteiger partial charge in [0.25, 0.3) is 5.56 Å². The van der Waals surface area contributed by atoms with Crippen LogP contribution in [0.4, 0.5) is 0 Å². The van der Waals surface area contributed by atoms with Gasteiger partial charge in [-0.15, -0.1) is 0 Å². The summed E-state index contributed by atoms with van der Waals surface area (Å²) in [5.41, 5.74) is 1.21. The Morgan fingerprint density at radius 2 is 1.95 bits per heavy atom. The van der Waals surface area contributed by atoms with Crippen LogP contribution in [0.15, 0.2) is 51.7 Å². The van der Waals surface area contributed by atoms with Crippen molar-refractivity contribution < 1.29 is 5.11 Å². The molecule has 0 amide bonds. The second-order valence-corrected chi connectivity index (χ2v) is 5.80. The van der Waals surface area contributed by atoms with E-state index in [0.717, 1.165) is 4.47 Å². The largest absolute Gasteiger partial charge is 0.507 e. The summed E-state index contributed by atoms with van der Waals surface area (Å²) in [6.45, 7) is 0. The molecule has 0 unspecified atom stereocenters. The highest BCUT2D eigenvalue weighted by Crippen LogP contribution is 2.23. The first-order valence-electron chi connectivity index (χ1n) is 6.68. The lowest BCUT2D eigenvalue weighted by Crippen LogP contribution is -2.20. The molecule has 5 heteroatoms. The number of rotatable bonds is 2. The SMILES string of the molecule is Cn1c(/C=C/c2cc(Br)ccc2O)nc2ccccc2c1=O. The van der Waals surface area contributed by atoms with Crippen LogP contribution >= 0.6 is 15.9 Å². The van der Waals surface area contributed by atoms with Crippen LogP contribution in [0.25, 0.3) is 23.1 Å². The Balaban J connectivity index is 2.11. The van der Waals surface area contributed by atoms with Gasteiger partial charge in [0.2, 0.25) is 0 Å². The lowest BCUT2D eigenvalue weighted by atomic mass is 10.2. The zero-order valence-electron chi connectivity index (χ0n) is 11.8. The number of aromatic hydroxyl groups is 1. The van der Waals surface area contributed by atoms with Crippen LogP contribution in [0.1, 0.15) is 11.4 Å². The maximum atomic E-state index is 12.3. The standard InChI is InChI=1S/C17H13BrN2O2/c1-20-16(9-6-11-10-12(18)7-8-15(11)21)19-14-5-3-2-4-13(14)17(20)22/h2-10,21H,1H3/b9-6+. The van der Waals surface area contributed by atoms with Gasteiger partial charge in [0.05, 0.1) is 10.9 Å². The molecule has 3 rings (SSSR count). The van der Waals surface area contributed by atoms with Crippen molar-refractivity contribution in [1.82, 2.24) is 9.55 Å². The van der Waals surface area contributed by atoms with Crippen molar-refractivity contribution in [2.24, 2.45) is 7.05 Å². The molecule has 110 valence electrons. The number of hydrogen-bond acceptors (Lipinski definition) is 3. The second-order valence-electron chi connectivity index (χ2n) is 4.89. The highest BCUT2D eigenvalue weighted by molar-refractivity contribution is 9.10. The first-order chi connectivity index (χ1) is 10.6. The van der Waals surface area contributed by atoms with Crippen LogP contribution in [0.3, 0.4) is 0 Å². The van der Waals surface area contributed by atoms with Gasteiger partial charge in [-0.05, 0) is 42.5 Å². The van der Waals surface area contributed by atoms with Gasteiger partial charge in [0.15, 0.2) is 0 Å². The predicted octanol–water partition coefficient (Wildman–Crippen LogP) is 3.57. The van der Waals surface area contributed by atoms with Gasteiger partial charge < -0.3 is 5.11 Å². The number of benzene rings is 2. The van der Waals surface area contributed by atoms with Crippen LogP contribution in [0.2, 0.25) is 0 Å². The molecule has 0 bridgehead atoms. The lowest BCUT2D eigenvalue weighted by Gasteiger charge is -2.06. The molecule has 3 aromatic rings. The molecule has 2 aromatic carbocycles. The fourth-order valence-corrected chi connectivity index (χ4v) is 2.59. The lowest BCUT2D eigenvalue weighted by molar-refractivity contribution is 0.474. The molecule has 0 atom stereocenters. The van der Waals surface area contributed by atoms with Crippen molar-refractivity contribution >= 4 is 39.0 Å². The molecule has 1 heterocycles. The summed E-state index contributed by atoms with van der Waals surface area (Å²) >= 11 is 3.37. The third-order valence-electron chi connectivity index (χ3n) is 3.42. The quantitative estimate of drug-likeness (QED) is 0.763. The topological polar surface area (TPSA) is 55.1 Å². The number of aromatic nitrogens is 2. The summed E-state index contributed by atoms with van der Waals surface area (Å²) in [6.07, 6.45) is 3.45. The average molecular weight is 357 g/mol. The number of phenols is 1. The Bertz CT molecular complexity index is 945. The van der Waals surface area contributed by atoms with E-state index >= 15 is 0 Å². The van der Waals surface area contributed by atoms with Gasteiger partial charge in [-0.2, -0.15) is 0 Å². The minimum Gasteiger partial charge on any atom is -0.507 e. The first kappa shape index (κ1) is 14.5. The summed E-state index contributed by atoms with van der Waals surface area (Å²) in [4.78, 5) is 16.8. The van der Waals surface area contributed by atoms with Crippen molar-refractivity contribution in [3.05, 3.63) is 68.7 Å². The molecular weight excluding hydrogens is 344 g/mol. The summed E-state index contributed by atoms with van der Waals surface area (Å²) in [5, 5.41) is 10.4. The predicted molar refractivity (Wildman–Crippen MR) is 91.7 cm³/mol. The van der Waals surface area contributed by atoms with Gasteiger partial charge in [-0.3, -0.25) is 9.36 Å².